The topological polar surface area (TPSA) is 41.3 Å². The molecule has 2 rings (SSSR count). The average Bonchev–Trinajstić information content (AvgIpc) is 2.83. The van der Waals surface area contributed by atoms with Gasteiger partial charge in [0.1, 0.15) is 0 Å². The molecule has 12 heavy (non-hydrogen) atoms. The van der Waals surface area contributed by atoms with Gasteiger partial charge in [0.15, 0.2) is 0 Å². The van der Waals surface area contributed by atoms with Crippen LogP contribution in [0, 0.1) is 0 Å². The van der Waals surface area contributed by atoms with Crippen LogP contribution in [0.4, 0.5) is 0 Å². The maximum Gasteiger partial charge on any atom is 0.0263 e. The van der Waals surface area contributed by atoms with E-state index in [1.54, 1.807) is 0 Å². The summed E-state index contributed by atoms with van der Waals surface area (Å²) in [4.78, 5) is 2.55. The number of likely N-dealkylation sites (tertiary alicyclic amines) is 1. The van der Waals surface area contributed by atoms with Crippen molar-refractivity contribution >= 4 is 0 Å². The van der Waals surface area contributed by atoms with Crippen molar-refractivity contribution in [2.45, 2.75) is 37.4 Å². The second-order valence-corrected chi connectivity index (χ2v) is 4.07. The van der Waals surface area contributed by atoms with Crippen molar-refractivity contribution in [2.24, 2.45) is 5.73 Å². The van der Waals surface area contributed by atoms with Crippen LogP contribution in [0.5, 0.6) is 0 Å². The predicted molar refractivity (Wildman–Crippen MR) is 50.0 cm³/mol. The number of hydrogen-bond donors (Lipinski definition) is 2. The van der Waals surface area contributed by atoms with Crippen LogP contribution in [0.1, 0.15) is 19.3 Å². The third-order valence-electron chi connectivity index (χ3n) is 3.21. The highest BCUT2D eigenvalue weighted by molar-refractivity contribution is 5.00. The number of nitrogens with one attached hydrogen (secondary N) is 1. The Bertz CT molecular complexity index is 152. The number of hydrogen-bond acceptors (Lipinski definition) is 3. The van der Waals surface area contributed by atoms with Crippen LogP contribution in [0.2, 0.25) is 0 Å². The Morgan fingerprint density at radius 3 is 2.33 bits per heavy atom. The number of piperidine rings is 1. The summed E-state index contributed by atoms with van der Waals surface area (Å²) in [7, 11) is 2.06. The fraction of sp³-hybridized carbons (Fsp3) is 1.00. The zero-order chi connectivity index (χ0) is 8.55. The Hall–Kier alpha value is -0.120. The van der Waals surface area contributed by atoms with Gasteiger partial charge in [0.25, 0.3) is 0 Å². The zero-order valence-electron chi connectivity index (χ0n) is 7.79. The molecule has 0 amide bonds. The Morgan fingerprint density at radius 1 is 1.33 bits per heavy atom. The normalized spacial score (nSPS) is 38.5. The van der Waals surface area contributed by atoms with Gasteiger partial charge in [-0.05, 0) is 39.4 Å². The Morgan fingerprint density at radius 2 is 1.92 bits per heavy atom. The van der Waals surface area contributed by atoms with Gasteiger partial charge >= 0.3 is 0 Å². The van der Waals surface area contributed by atoms with Gasteiger partial charge in [0.2, 0.25) is 0 Å². The van der Waals surface area contributed by atoms with Crippen molar-refractivity contribution in [3.8, 4) is 0 Å². The van der Waals surface area contributed by atoms with E-state index in [1.165, 1.54) is 32.4 Å². The first kappa shape index (κ1) is 8.48. The highest BCUT2D eigenvalue weighted by Gasteiger charge is 2.39. The molecule has 0 spiro atoms. The van der Waals surface area contributed by atoms with Gasteiger partial charge in [-0.3, -0.25) is 4.90 Å². The molecular weight excluding hydrogens is 150 g/mol. The fourth-order valence-corrected chi connectivity index (χ4v) is 2.14. The van der Waals surface area contributed by atoms with E-state index >= 15 is 0 Å². The van der Waals surface area contributed by atoms with Crippen LogP contribution in [0.15, 0.2) is 0 Å². The second-order valence-electron chi connectivity index (χ2n) is 4.07. The van der Waals surface area contributed by atoms with Crippen molar-refractivity contribution in [3.05, 3.63) is 0 Å². The molecule has 0 aromatic rings. The molecule has 1 saturated heterocycles. The maximum atomic E-state index is 5.81. The molecule has 2 atom stereocenters. The molecule has 3 nitrogen and oxygen atoms in total. The lowest BCUT2D eigenvalue weighted by Gasteiger charge is -2.31. The molecule has 2 fully saturated rings. The fourth-order valence-electron chi connectivity index (χ4n) is 2.14. The summed E-state index contributed by atoms with van der Waals surface area (Å²) in [5, 5.41) is 3.34. The standard InChI is InChI=1S/C9H19N3/c1-11-7-2-4-12(5-3-7)9-6-8(9)10/h7-9,11H,2-6,10H2,1H3. The Balaban J connectivity index is 1.75. The minimum absolute atomic E-state index is 0.483. The van der Waals surface area contributed by atoms with Gasteiger partial charge in [-0.25, -0.2) is 0 Å². The third-order valence-corrected chi connectivity index (χ3v) is 3.21. The van der Waals surface area contributed by atoms with Crippen LogP contribution in [-0.2, 0) is 0 Å². The van der Waals surface area contributed by atoms with E-state index in [0.717, 1.165) is 12.1 Å². The molecule has 0 radical (unpaired) electrons. The van der Waals surface area contributed by atoms with E-state index in [0.29, 0.717) is 6.04 Å². The van der Waals surface area contributed by atoms with Crippen LogP contribution in [0.25, 0.3) is 0 Å². The molecule has 0 aromatic carbocycles. The van der Waals surface area contributed by atoms with E-state index in [2.05, 4.69) is 17.3 Å². The molecule has 1 aliphatic carbocycles. The summed E-state index contributed by atoms with van der Waals surface area (Å²) in [6, 6.07) is 1.95. The minimum Gasteiger partial charge on any atom is -0.326 e. The average molecular weight is 169 g/mol. The van der Waals surface area contributed by atoms with Crippen molar-refractivity contribution in [3.63, 3.8) is 0 Å². The number of rotatable bonds is 2. The molecule has 1 heterocycles. The van der Waals surface area contributed by atoms with Crippen molar-refractivity contribution in [1.29, 1.82) is 0 Å². The second kappa shape index (κ2) is 3.32. The molecule has 1 saturated carbocycles. The van der Waals surface area contributed by atoms with Gasteiger partial charge in [0, 0.05) is 18.1 Å². The van der Waals surface area contributed by atoms with Crippen LogP contribution < -0.4 is 11.1 Å². The SMILES string of the molecule is CNC1CCN(C2CC2N)CC1. The lowest BCUT2D eigenvalue weighted by atomic mass is 10.1. The first-order valence-corrected chi connectivity index (χ1v) is 4.98. The molecule has 70 valence electrons. The van der Waals surface area contributed by atoms with E-state index < -0.39 is 0 Å². The molecule has 3 heteroatoms. The first-order valence-electron chi connectivity index (χ1n) is 4.98. The highest BCUT2D eigenvalue weighted by atomic mass is 15.2. The van der Waals surface area contributed by atoms with Crippen LogP contribution in [-0.4, -0.2) is 43.2 Å². The Kier molecular flexibility index (Phi) is 2.35. The molecule has 2 aliphatic rings. The quantitative estimate of drug-likeness (QED) is 0.600. The predicted octanol–water partition coefficient (Wildman–Crippen LogP) is -0.230. The first-order chi connectivity index (χ1) is 5.81. The van der Waals surface area contributed by atoms with Crippen LogP contribution >= 0.6 is 0 Å². The minimum atomic E-state index is 0.483. The third kappa shape index (κ3) is 1.63. The Labute approximate surface area is 74.3 Å². The molecule has 2 unspecified atom stereocenters. The van der Waals surface area contributed by atoms with Gasteiger partial charge in [-0.1, -0.05) is 0 Å². The molecule has 0 aromatic heterocycles. The van der Waals surface area contributed by atoms with Gasteiger partial charge in [0.05, 0.1) is 0 Å². The highest BCUT2D eigenvalue weighted by Crippen LogP contribution is 2.28. The van der Waals surface area contributed by atoms with Crippen LogP contribution in [0.3, 0.4) is 0 Å². The lowest BCUT2D eigenvalue weighted by Crippen LogP contribution is -2.43. The number of nitrogens with two attached hydrogens (primary N) is 1. The van der Waals surface area contributed by atoms with E-state index in [9.17, 15) is 0 Å². The molecule has 1 aliphatic heterocycles. The number of nitrogens with zero attached hydrogens (tertiary/aromatic N) is 1. The smallest absolute Gasteiger partial charge is 0.0263 e. The van der Waals surface area contributed by atoms with E-state index in [-0.39, 0.29) is 0 Å². The summed E-state index contributed by atoms with van der Waals surface area (Å²) in [6.45, 7) is 2.48. The summed E-state index contributed by atoms with van der Waals surface area (Å²) in [5.74, 6) is 0. The van der Waals surface area contributed by atoms with E-state index in [1.807, 2.05) is 0 Å². The van der Waals surface area contributed by atoms with E-state index in [4.69, 9.17) is 5.73 Å². The van der Waals surface area contributed by atoms with Crippen molar-refractivity contribution in [1.82, 2.24) is 10.2 Å². The monoisotopic (exact) mass is 169 g/mol. The largest absolute Gasteiger partial charge is 0.326 e. The summed E-state index contributed by atoms with van der Waals surface area (Å²) in [6.07, 6.45) is 3.81. The summed E-state index contributed by atoms with van der Waals surface area (Å²) >= 11 is 0. The summed E-state index contributed by atoms with van der Waals surface area (Å²) < 4.78 is 0. The molecular formula is C9H19N3. The van der Waals surface area contributed by atoms with Crippen molar-refractivity contribution < 1.29 is 0 Å². The maximum absolute atomic E-state index is 5.81. The van der Waals surface area contributed by atoms with Gasteiger partial charge in [-0.15, -0.1) is 0 Å². The van der Waals surface area contributed by atoms with Gasteiger partial charge in [-0.2, -0.15) is 0 Å². The van der Waals surface area contributed by atoms with Gasteiger partial charge < -0.3 is 11.1 Å². The molecule has 0 bridgehead atoms. The molecule has 3 N–H and O–H groups in total. The lowest BCUT2D eigenvalue weighted by molar-refractivity contribution is 0.191. The zero-order valence-corrected chi connectivity index (χ0v) is 7.79. The van der Waals surface area contributed by atoms with Crippen molar-refractivity contribution in [2.75, 3.05) is 20.1 Å². The summed E-state index contributed by atoms with van der Waals surface area (Å²) in [5.41, 5.74) is 5.81.